The summed E-state index contributed by atoms with van der Waals surface area (Å²) in [6.07, 6.45) is 5.91. The minimum atomic E-state index is -0.586. The molecule has 25 heavy (non-hydrogen) atoms. The first-order valence-electron chi connectivity index (χ1n) is 9.05. The number of hydrogen-bond donors (Lipinski definition) is 1. The summed E-state index contributed by atoms with van der Waals surface area (Å²) in [6, 6.07) is 3.95. The first-order valence-corrected chi connectivity index (χ1v) is 9.42. The van der Waals surface area contributed by atoms with Crippen LogP contribution in [0, 0.1) is 11.7 Å². The van der Waals surface area contributed by atoms with Gasteiger partial charge in [0.25, 0.3) is 5.91 Å². The third-order valence-electron chi connectivity index (χ3n) is 4.57. The molecule has 0 spiro atoms. The third kappa shape index (κ3) is 5.70. The molecular formula is C19H26ClFN2O2. The number of likely N-dealkylation sites (tertiary alicyclic amines) is 1. The SMILES string of the molecule is CCCCCCNC(=O)C1CCCN(C(=O)c2cc(Cl)ccc2F)C1. The van der Waals surface area contributed by atoms with Crippen molar-refractivity contribution in [2.45, 2.75) is 45.4 Å². The molecule has 6 heteroatoms. The Hall–Kier alpha value is -1.62. The fourth-order valence-electron chi connectivity index (χ4n) is 3.12. The van der Waals surface area contributed by atoms with Crippen LogP contribution in [0.1, 0.15) is 55.8 Å². The molecule has 0 radical (unpaired) electrons. The van der Waals surface area contributed by atoms with Crippen molar-refractivity contribution < 1.29 is 14.0 Å². The molecule has 2 rings (SSSR count). The fourth-order valence-corrected chi connectivity index (χ4v) is 3.29. The molecule has 4 nitrogen and oxygen atoms in total. The molecule has 1 unspecified atom stereocenters. The largest absolute Gasteiger partial charge is 0.356 e. The van der Waals surface area contributed by atoms with Gasteiger partial charge in [-0.2, -0.15) is 0 Å². The molecule has 1 heterocycles. The molecule has 1 fully saturated rings. The number of benzene rings is 1. The summed E-state index contributed by atoms with van der Waals surface area (Å²) in [5.74, 6) is -1.23. The zero-order valence-corrected chi connectivity index (χ0v) is 15.4. The topological polar surface area (TPSA) is 49.4 Å². The summed E-state index contributed by atoms with van der Waals surface area (Å²) < 4.78 is 13.9. The van der Waals surface area contributed by atoms with Crippen LogP contribution in [0.15, 0.2) is 18.2 Å². The third-order valence-corrected chi connectivity index (χ3v) is 4.80. The zero-order valence-electron chi connectivity index (χ0n) is 14.7. The van der Waals surface area contributed by atoms with E-state index in [1.165, 1.54) is 24.6 Å². The van der Waals surface area contributed by atoms with E-state index in [2.05, 4.69) is 12.2 Å². The monoisotopic (exact) mass is 368 g/mol. The zero-order chi connectivity index (χ0) is 18.2. The molecule has 0 saturated carbocycles. The van der Waals surface area contributed by atoms with Gasteiger partial charge in [-0.15, -0.1) is 0 Å². The molecule has 1 aliphatic heterocycles. The predicted molar refractivity (Wildman–Crippen MR) is 97.2 cm³/mol. The Morgan fingerprint density at radius 2 is 2.12 bits per heavy atom. The van der Waals surface area contributed by atoms with Gasteiger partial charge < -0.3 is 10.2 Å². The van der Waals surface area contributed by atoms with Gasteiger partial charge in [-0.05, 0) is 37.5 Å². The molecule has 1 aliphatic rings. The quantitative estimate of drug-likeness (QED) is 0.739. The lowest BCUT2D eigenvalue weighted by Gasteiger charge is -2.32. The Bertz CT molecular complexity index is 609. The molecule has 1 aromatic rings. The normalized spacial score (nSPS) is 17.4. The molecule has 0 bridgehead atoms. The molecule has 1 saturated heterocycles. The highest BCUT2D eigenvalue weighted by molar-refractivity contribution is 6.31. The van der Waals surface area contributed by atoms with Gasteiger partial charge in [0.15, 0.2) is 0 Å². The van der Waals surface area contributed by atoms with Crippen molar-refractivity contribution in [3.8, 4) is 0 Å². The summed E-state index contributed by atoms with van der Waals surface area (Å²) in [4.78, 5) is 26.4. The lowest BCUT2D eigenvalue weighted by Crippen LogP contribution is -2.45. The van der Waals surface area contributed by atoms with Gasteiger partial charge in [-0.1, -0.05) is 37.8 Å². The number of rotatable bonds is 7. The van der Waals surface area contributed by atoms with Crippen LogP contribution >= 0.6 is 11.6 Å². The van der Waals surface area contributed by atoms with Crippen molar-refractivity contribution in [1.82, 2.24) is 10.2 Å². The van der Waals surface area contributed by atoms with Gasteiger partial charge in [0.1, 0.15) is 5.82 Å². The highest BCUT2D eigenvalue weighted by Gasteiger charge is 2.29. The minimum Gasteiger partial charge on any atom is -0.356 e. The highest BCUT2D eigenvalue weighted by atomic mass is 35.5. The van der Waals surface area contributed by atoms with Gasteiger partial charge in [-0.25, -0.2) is 4.39 Å². The van der Waals surface area contributed by atoms with E-state index in [4.69, 9.17) is 11.6 Å². The van der Waals surface area contributed by atoms with Crippen LogP contribution in [0.3, 0.4) is 0 Å². The van der Waals surface area contributed by atoms with Crippen LogP contribution in [0.2, 0.25) is 5.02 Å². The number of hydrogen-bond acceptors (Lipinski definition) is 2. The molecule has 1 aromatic carbocycles. The van der Waals surface area contributed by atoms with E-state index in [9.17, 15) is 14.0 Å². The van der Waals surface area contributed by atoms with E-state index in [1.807, 2.05) is 0 Å². The van der Waals surface area contributed by atoms with Crippen LogP contribution < -0.4 is 5.32 Å². The lowest BCUT2D eigenvalue weighted by molar-refractivity contribution is -0.126. The Morgan fingerprint density at radius 1 is 1.32 bits per heavy atom. The Labute approximate surface area is 153 Å². The fraction of sp³-hybridized carbons (Fsp3) is 0.579. The van der Waals surface area contributed by atoms with E-state index < -0.39 is 11.7 Å². The van der Waals surface area contributed by atoms with Crippen LogP contribution in [0.4, 0.5) is 4.39 Å². The van der Waals surface area contributed by atoms with Gasteiger partial charge in [0, 0.05) is 24.7 Å². The first kappa shape index (κ1) is 19.7. The number of halogens is 2. The second kappa shape index (κ2) is 9.76. The summed E-state index contributed by atoms with van der Waals surface area (Å²) in [6.45, 7) is 3.68. The standard InChI is InChI=1S/C19H26ClFN2O2/c1-2-3-4-5-10-22-18(24)14-7-6-11-23(13-14)19(25)16-12-15(20)8-9-17(16)21/h8-9,12,14H,2-7,10-11,13H2,1H3,(H,22,24). The van der Waals surface area contributed by atoms with Crippen molar-refractivity contribution in [3.63, 3.8) is 0 Å². The number of carbonyl (C=O) groups is 2. The summed E-state index contributed by atoms with van der Waals surface area (Å²) in [5.41, 5.74) is -0.0341. The van der Waals surface area contributed by atoms with Crippen molar-refractivity contribution >= 4 is 23.4 Å². The number of nitrogens with zero attached hydrogens (tertiary/aromatic N) is 1. The second-order valence-corrected chi connectivity index (χ2v) is 7.00. The maximum absolute atomic E-state index is 13.9. The maximum atomic E-state index is 13.9. The van der Waals surface area contributed by atoms with Crippen molar-refractivity contribution in [2.24, 2.45) is 5.92 Å². The van der Waals surface area contributed by atoms with E-state index in [0.717, 1.165) is 32.1 Å². The van der Waals surface area contributed by atoms with Crippen molar-refractivity contribution in [1.29, 1.82) is 0 Å². The number of carbonyl (C=O) groups excluding carboxylic acids is 2. The maximum Gasteiger partial charge on any atom is 0.256 e. The second-order valence-electron chi connectivity index (χ2n) is 6.57. The number of nitrogens with one attached hydrogen (secondary N) is 1. The highest BCUT2D eigenvalue weighted by Crippen LogP contribution is 2.22. The average molecular weight is 369 g/mol. The van der Waals surface area contributed by atoms with E-state index in [1.54, 1.807) is 4.90 Å². The van der Waals surface area contributed by atoms with Gasteiger partial charge in [-0.3, -0.25) is 9.59 Å². The van der Waals surface area contributed by atoms with E-state index >= 15 is 0 Å². The molecule has 0 aromatic heterocycles. The van der Waals surface area contributed by atoms with Crippen LogP contribution in [0.5, 0.6) is 0 Å². The van der Waals surface area contributed by atoms with Gasteiger partial charge >= 0.3 is 0 Å². The number of unbranched alkanes of at least 4 members (excludes halogenated alkanes) is 3. The molecule has 1 N–H and O–H groups in total. The minimum absolute atomic E-state index is 0.0134. The van der Waals surface area contributed by atoms with Crippen LogP contribution in [0.25, 0.3) is 0 Å². The molecule has 138 valence electrons. The Kier molecular flexibility index (Phi) is 7.69. The number of amides is 2. The molecule has 2 amide bonds. The van der Waals surface area contributed by atoms with E-state index in [-0.39, 0.29) is 17.4 Å². The molecular weight excluding hydrogens is 343 g/mol. The predicted octanol–water partition coefficient (Wildman–Crippen LogP) is 4.03. The van der Waals surface area contributed by atoms with Crippen molar-refractivity contribution in [2.75, 3.05) is 19.6 Å². The molecule has 1 atom stereocenters. The number of piperidine rings is 1. The van der Waals surface area contributed by atoms with Crippen LogP contribution in [-0.2, 0) is 4.79 Å². The van der Waals surface area contributed by atoms with Gasteiger partial charge in [0.05, 0.1) is 11.5 Å². The first-order chi connectivity index (χ1) is 12.0. The lowest BCUT2D eigenvalue weighted by atomic mass is 9.96. The average Bonchev–Trinajstić information content (AvgIpc) is 2.63. The summed E-state index contributed by atoms with van der Waals surface area (Å²) >= 11 is 5.87. The van der Waals surface area contributed by atoms with Gasteiger partial charge in [0.2, 0.25) is 5.91 Å². The van der Waals surface area contributed by atoms with Crippen LogP contribution in [-0.4, -0.2) is 36.3 Å². The van der Waals surface area contributed by atoms with Crippen molar-refractivity contribution in [3.05, 3.63) is 34.6 Å². The van der Waals surface area contributed by atoms with E-state index in [0.29, 0.717) is 24.7 Å². The smallest absolute Gasteiger partial charge is 0.256 e. The Balaban J connectivity index is 1.90. The summed E-state index contributed by atoms with van der Waals surface area (Å²) in [7, 11) is 0. The molecule has 0 aliphatic carbocycles. The summed E-state index contributed by atoms with van der Waals surface area (Å²) in [5, 5.41) is 3.28. The Morgan fingerprint density at radius 3 is 2.88 bits per heavy atom.